The fraction of sp³-hybridized carbons (Fsp3) is 0.316. The summed E-state index contributed by atoms with van der Waals surface area (Å²) >= 11 is 6.78. The van der Waals surface area contributed by atoms with Crippen molar-refractivity contribution in [2.45, 2.75) is 56.3 Å². The number of anilines is 2. The maximum Gasteiger partial charge on any atom is 0.340 e. The lowest BCUT2D eigenvalue weighted by atomic mass is 9.65. The van der Waals surface area contributed by atoms with Gasteiger partial charge in [-0.15, -0.1) is 0 Å². The van der Waals surface area contributed by atoms with Gasteiger partial charge in [0.25, 0.3) is 0 Å². The standard InChI is InChI=1S/2C18H15BrN2O5.C2H6O/c2*1-25-16(23)14-15(20)26-12-4-2-3-11(22)13(12)18(14)9-7-8(19)5-6-10(9)21-17(18)24;1-2-3/h2*5-7H,2-4,20H2,1H3,(H,21,24);3H,2H2,1H3. The first kappa shape index (κ1) is 39.4. The maximum atomic E-state index is 13.2. The summed E-state index contributed by atoms with van der Waals surface area (Å²) in [6.45, 7) is 1.93. The van der Waals surface area contributed by atoms with E-state index in [1.54, 1.807) is 43.3 Å². The fourth-order valence-corrected chi connectivity index (χ4v) is 8.63. The van der Waals surface area contributed by atoms with Crippen LogP contribution >= 0.6 is 31.9 Å². The molecule has 7 N–H and O–H groups in total. The molecule has 2 aromatic rings. The molecule has 4 heterocycles. The number of halogens is 2. The first-order valence-electron chi connectivity index (χ1n) is 17.1. The summed E-state index contributed by atoms with van der Waals surface area (Å²) in [5.41, 5.74) is 10.8. The Balaban J connectivity index is 0.000000175. The SMILES string of the molecule is CCO.COC(=O)C1=C(N)OC2=C(C(=O)CCC2)C12C(=O)Nc1ccc(Br)cc12.COC(=O)C1=C(N)OC2=C(C(=O)CCC2)C12C(=O)Nc1ccc(Br)cc12. The lowest BCUT2D eigenvalue weighted by molar-refractivity contribution is -0.139. The highest BCUT2D eigenvalue weighted by Gasteiger charge is 2.63. The van der Waals surface area contributed by atoms with Crippen LogP contribution in [0.5, 0.6) is 0 Å². The molecule has 2 amide bonds. The Morgan fingerprint density at radius 1 is 0.727 bits per heavy atom. The van der Waals surface area contributed by atoms with Gasteiger partial charge in [0.1, 0.15) is 33.5 Å². The second kappa shape index (κ2) is 15.1. The van der Waals surface area contributed by atoms with E-state index in [9.17, 15) is 28.8 Å². The number of benzene rings is 2. The molecule has 55 heavy (non-hydrogen) atoms. The number of hydrogen-bond acceptors (Lipinski definition) is 13. The number of ketones is 2. The number of fused-ring (bicyclic) bond motifs is 6. The number of aliphatic hydroxyl groups excluding tert-OH is 1. The third-order valence-electron chi connectivity index (χ3n) is 9.92. The molecular weight excluding hydrogens is 848 g/mol. The largest absolute Gasteiger partial charge is 0.465 e. The van der Waals surface area contributed by atoms with Gasteiger partial charge in [0.2, 0.25) is 23.6 Å². The van der Waals surface area contributed by atoms with E-state index in [2.05, 4.69) is 42.5 Å². The maximum absolute atomic E-state index is 13.2. The molecule has 0 radical (unpaired) electrons. The Kier molecular flexibility index (Phi) is 10.8. The predicted molar refractivity (Wildman–Crippen MR) is 202 cm³/mol. The van der Waals surface area contributed by atoms with E-state index in [4.69, 9.17) is 35.5 Å². The first-order valence-corrected chi connectivity index (χ1v) is 18.7. The van der Waals surface area contributed by atoms with Gasteiger partial charge in [-0.2, -0.15) is 0 Å². The molecule has 0 saturated heterocycles. The summed E-state index contributed by atoms with van der Waals surface area (Å²) in [5, 5.41) is 13.1. The van der Waals surface area contributed by atoms with Crippen LogP contribution in [0.4, 0.5) is 11.4 Å². The van der Waals surface area contributed by atoms with Crippen LogP contribution < -0.4 is 22.1 Å². The zero-order valence-corrected chi connectivity index (χ0v) is 33.0. The summed E-state index contributed by atoms with van der Waals surface area (Å²) in [4.78, 5) is 77.3. The van der Waals surface area contributed by atoms with Crippen molar-refractivity contribution < 1.29 is 52.8 Å². The number of amides is 2. The number of esters is 2. The topological polar surface area (TPSA) is 236 Å². The molecule has 6 aliphatic rings. The van der Waals surface area contributed by atoms with Crippen molar-refractivity contribution in [2.24, 2.45) is 11.5 Å². The number of aliphatic hydroxyl groups is 1. The summed E-state index contributed by atoms with van der Waals surface area (Å²) in [6.07, 6.45) is 2.68. The van der Waals surface area contributed by atoms with Gasteiger partial charge in [-0.25, -0.2) is 9.59 Å². The minimum atomic E-state index is -1.67. The van der Waals surface area contributed by atoms with Gasteiger partial charge in [0.15, 0.2) is 11.6 Å². The average molecular weight is 885 g/mol. The van der Waals surface area contributed by atoms with E-state index >= 15 is 0 Å². The summed E-state index contributed by atoms with van der Waals surface area (Å²) in [5.74, 6) is -2.86. The van der Waals surface area contributed by atoms with Crippen molar-refractivity contribution in [1.82, 2.24) is 0 Å². The predicted octanol–water partition coefficient (Wildman–Crippen LogP) is 4.04. The normalized spacial score (nSPS) is 23.2. The number of nitrogens with two attached hydrogens (primary N) is 2. The van der Waals surface area contributed by atoms with E-state index in [0.717, 1.165) is 0 Å². The number of carbonyl (C=O) groups is 6. The van der Waals surface area contributed by atoms with Crippen molar-refractivity contribution in [3.63, 3.8) is 0 Å². The lowest BCUT2D eigenvalue weighted by Crippen LogP contribution is -2.49. The van der Waals surface area contributed by atoms with Crippen molar-refractivity contribution in [3.05, 3.63) is 102 Å². The average Bonchev–Trinajstić information content (AvgIpc) is 3.57. The number of rotatable bonds is 2. The van der Waals surface area contributed by atoms with E-state index in [1.807, 2.05) is 0 Å². The molecule has 288 valence electrons. The Bertz CT molecular complexity index is 2070. The number of methoxy groups -OCH3 is 2. The molecule has 2 aromatic carbocycles. The monoisotopic (exact) mass is 882 g/mol. The second-order valence-corrected chi connectivity index (χ2v) is 14.8. The smallest absolute Gasteiger partial charge is 0.340 e. The van der Waals surface area contributed by atoms with E-state index in [1.165, 1.54) is 14.2 Å². The zero-order chi connectivity index (χ0) is 40.0. The number of Topliss-reactive ketones (excluding diaryl/α,β-unsaturated/α-hetero) is 2. The Labute approximate surface area is 331 Å². The molecule has 2 atom stereocenters. The quantitative estimate of drug-likeness (QED) is 0.268. The van der Waals surface area contributed by atoms with E-state index < -0.39 is 34.6 Å². The summed E-state index contributed by atoms with van der Waals surface area (Å²) in [7, 11) is 2.38. The van der Waals surface area contributed by atoms with Crippen LogP contribution in [0, 0.1) is 0 Å². The van der Waals surface area contributed by atoms with Gasteiger partial charge in [0, 0.05) is 63.7 Å². The number of carbonyl (C=O) groups excluding carboxylic acids is 6. The van der Waals surface area contributed by atoms with Crippen LogP contribution in [0.2, 0.25) is 0 Å². The minimum absolute atomic E-state index is 0.164. The Morgan fingerprint density at radius 3 is 1.44 bits per heavy atom. The fourth-order valence-electron chi connectivity index (χ4n) is 7.91. The highest BCUT2D eigenvalue weighted by molar-refractivity contribution is 9.10. The van der Waals surface area contributed by atoms with E-state index in [-0.39, 0.29) is 65.1 Å². The molecule has 2 spiro atoms. The third kappa shape index (κ3) is 6.04. The van der Waals surface area contributed by atoms with Gasteiger partial charge in [-0.1, -0.05) is 31.9 Å². The molecule has 0 fully saturated rings. The second-order valence-electron chi connectivity index (χ2n) is 12.9. The lowest BCUT2D eigenvalue weighted by Gasteiger charge is -2.38. The van der Waals surface area contributed by atoms with Gasteiger partial charge in [-0.05, 0) is 56.2 Å². The number of hydrogen-bond donors (Lipinski definition) is 5. The first-order chi connectivity index (χ1) is 26.2. The Morgan fingerprint density at radius 2 is 1.09 bits per heavy atom. The van der Waals surface area contributed by atoms with Gasteiger partial charge >= 0.3 is 11.9 Å². The summed E-state index contributed by atoms with van der Waals surface area (Å²) < 4.78 is 22.3. The highest BCUT2D eigenvalue weighted by atomic mass is 79.9. The van der Waals surface area contributed by atoms with Crippen molar-refractivity contribution in [2.75, 3.05) is 31.5 Å². The molecule has 4 aliphatic heterocycles. The molecule has 0 bridgehead atoms. The number of allylic oxidation sites excluding steroid dienone is 2. The van der Waals surface area contributed by atoms with Crippen LogP contribution in [-0.2, 0) is 58.5 Å². The zero-order valence-electron chi connectivity index (χ0n) is 29.9. The van der Waals surface area contributed by atoms with Gasteiger partial charge in [-0.3, -0.25) is 19.2 Å². The van der Waals surface area contributed by atoms with E-state index in [0.29, 0.717) is 68.6 Å². The summed E-state index contributed by atoms with van der Waals surface area (Å²) in [6, 6.07) is 10.4. The highest BCUT2D eigenvalue weighted by Crippen LogP contribution is 2.56. The molecular formula is C38H36Br2N4O11. The minimum Gasteiger partial charge on any atom is -0.465 e. The van der Waals surface area contributed by atoms with Crippen molar-refractivity contribution in [1.29, 1.82) is 0 Å². The van der Waals surface area contributed by atoms with Crippen LogP contribution in [0.1, 0.15) is 56.6 Å². The number of nitrogens with one attached hydrogen (secondary N) is 2. The van der Waals surface area contributed by atoms with Crippen LogP contribution in [0.15, 0.2) is 90.9 Å². The van der Waals surface area contributed by atoms with Gasteiger partial charge < -0.3 is 46.2 Å². The Hall–Kier alpha value is -5.26. The molecule has 0 aromatic heterocycles. The molecule has 2 aliphatic carbocycles. The van der Waals surface area contributed by atoms with Crippen LogP contribution in [-0.4, -0.2) is 61.3 Å². The van der Waals surface area contributed by atoms with Crippen molar-refractivity contribution >= 4 is 78.6 Å². The van der Waals surface area contributed by atoms with Crippen LogP contribution in [0.25, 0.3) is 0 Å². The molecule has 0 saturated carbocycles. The molecule has 8 rings (SSSR count). The molecule has 15 nitrogen and oxygen atoms in total. The molecule has 2 unspecified atom stereocenters. The van der Waals surface area contributed by atoms with Gasteiger partial charge in [0.05, 0.1) is 25.4 Å². The van der Waals surface area contributed by atoms with Crippen LogP contribution in [0.3, 0.4) is 0 Å². The molecule has 17 heteroatoms. The number of ether oxygens (including phenoxy) is 4. The third-order valence-corrected chi connectivity index (χ3v) is 10.9. The van der Waals surface area contributed by atoms with Crippen molar-refractivity contribution in [3.8, 4) is 0 Å².